The van der Waals surface area contributed by atoms with Crippen LogP contribution in [0.15, 0.2) is 10.4 Å². The fourth-order valence-corrected chi connectivity index (χ4v) is 3.07. The van der Waals surface area contributed by atoms with Gasteiger partial charge >= 0.3 is 0 Å². The lowest BCUT2D eigenvalue weighted by Gasteiger charge is -2.01. The molecule has 5 nitrogen and oxygen atoms in total. The second kappa shape index (κ2) is 4.83. The number of nitrogens with zero attached hydrogens (tertiary/aromatic N) is 1. The molecule has 14 heavy (non-hydrogen) atoms. The molecule has 0 aliphatic carbocycles. The van der Waals surface area contributed by atoms with E-state index in [2.05, 4.69) is 9.71 Å². The zero-order valence-corrected chi connectivity index (χ0v) is 9.49. The zero-order chi connectivity index (χ0) is 10.6. The molecule has 0 saturated carbocycles. The maximum Gasteiger partial charge on any atom is 0.251 e. The Morgan fingerprint density at radius 1 is 1.64 bits per heavy atom. The monoisotopic (exact) mass is 235 g/mol. The highest BCUT2D eigenvalue weighted by Gasteiger charge is 2.15. The first-order valence-corrected chi connectivity index (χ1v) is 6.48. The Hall–Kier alpha value is -0.500. The fourth-order valence-electron chi connectivity index (χ4n) is 0.846. The molecule has 0 unspecified atom stereocenters. The lowest BCUT2D eigenvalue weighted by atomic mass is 10.4. The molecule has 80 valence electrons. The van der Waals surface area contributed by atoms with Gasteiger partial charge in [-0.15, -0.1) is 11.3 Å². The summed E-state index contributed by atoms with van der Waals surface area (Å²) >= 11 is 1.16. The third kappa shape index (κ3) is 3.02. The van der Waals surface area contributed by atoms with Crippen LogP contribution in [0, 0.1) is 6.92 Å². The summed E-state index contributed by atoms with van der Waals surface area (Å²) in [5.74, 6) is 0. The van der Waals surface area contributed by atoms with Crippen molar-refractivity contribution in [2.24, 2.45) is 5.73 Å². The van der Waals surface area contributed by atoms with E-state index in [1.807, 2.05) is 0 Å². The number of aromatic nitrogens is 1. The van der Waals surface area contributed by atoms with E-state index < -0.39 is 10.0 Å². The van der Waals surface area contributed by atoms with Crippen LogP contribution in [0.3, 0.4) is 0 Å². The number of nitrogens with one attached hydrogen (secondary N) is 1. The maximum atomic E-state index is 11.5. The van der Waals surface area contributed by atoms with Gasteiger partial charge in [-0.2, -0.15) is 0 Å². The van der Waals surface area contributed by atoms with Gasteiger partial charge in [-0.25, -0.2) is 18.1 Å². The molecule has 0 fully saturated rings. The molecule has 0 saturated heterocycles. The lowest BCUT2D eigenvalue weighted by molar-refractivity contribution is 0.581. The Balaban J connectivity index is 2.66. The molecular formula is C7H13N3O2S2. The number of rotatable bonds is 5. The van der Waals surface area contributed by atoms with Crippen molar-refractivity contribution in [1.29, 1.82) is 0 Å². The first kappa shape index (κ1) is 11.6. The molecule has 0 aromatic carbocycles. The van der Waals surface area contributed by atoms with Gasteiger partial charge in [-0.1, -0.05) is 0 Å². The first-order valence-electron chi connectivity index (χ1n) is 4.18. The number of hydrogen-bond acceptors (Lipinski definition) is 5. The van der Waals surface area contributed by atoms with Crippen LogP contribution >= 0.6 is 11.3 Å². The van der Waals surface area contributed by atoms with Crippen LogP contribution in [0.1, 0.15) is 11.4 Å². The van der Waals surface area contributed by atoms with Crippen molar-refractivity contribution in [3.63, 3.8) is 0 Å². The molecule has 0 aliphatic rings. The molecule has 0 bridgehead atoms. The van der Waals surface area contributed by atoms with E-state index in [0.717, 1.165) is 16.3 Å². The number of hydrogen-bond donors (Lipinski definition) is 2. The lowest BCUT2D eigenvalue weighted by Crippen LogP contribution is -2.25. The molecule has 0 atom stereocenters. The van der Waals surface area contributed by atoms with E-state index in [4.69, 9.17) is 5.73 Å². The molecule has 0 amide bonds. The van der Waals surface area contributed by atoms with Gasteiger partial charge in [-0.3, -0.25) is 0 Å². The SMILES string of the molecule is Cc1ncc(S(=O)(=O)NCCCN)s1. The summed E-state index contributed by atoms with van der Waals surface area (Å²) in [6, 6.07) is 0. The third-order valence-corrected chi connectivity index (χ3v) is 4.37. The minimum atomic E-state index is -3.36. The second-order valence-corrected chi connectivity index (χ2v) is 5.97. The van der Waals surface area contributed by atoms with Crippen molar-refractivity contribution in [3.05, 3.63) is 11.2 Å². The van der Waals surface area contributed by atoms with Crippen molar-refractivity contribution < 1.29 is 8.42 Å². The van der Waals surface area contributed by atoms with Crippen molar-refractivity contribution in [1.82, 2.24) is 9.71 Å². The van der Waals surface area contributed by atoms with Gasteiger partial charge in [-0.05, 0) is 19.9 Å². The van der Waals surface area contributed by atoms with Crippen LogP contribution in [0.5, 0.6) is 0 Å². The Morgan fingerprint density at radius 2 is 2.36 bits per heavy atom. The van der Waals surface area contributed by atoms with Crippen LogP contribution < -0.4 is 10.5 Å². The number of nitrogens with two attached hydrogens (primary N) is 1. The molecule has 0 spiro atoms. The molecule has 1 aromatic heterocycles. The van der Waals surface area contributed by atoms with E-state index in [-0.39, 0.29) is 4.21 Å². The van der Waals surface area contributed by atoms with Gasteiger partial charge in [0, 0.05) is 6.54 Å². The summed E-state index contributed by atoms with van der Waals surface area (Å²) in [4.78, 5) is 3.89. The average molecular weight is 235 g/mol. The molecule has 1 rings (SSSR count). The van der Waals surface area contributed by atoms with Gasteiger partial charge in [0.1, 0.15) is 0 Å². The summed E-state index contributed by atoms with van der Waals surface area (Å²) in [5, 5.41) is 0.740. The summed E-state index contributed by atoms with van der Waals surface area (Å²) in [6.45, 7) is 2.61. The van der Waals surface area contributed by atoms with Crippen LogP contribution in [0.25, 0.3) is 0 Å². The van der Waals surface area contributed by atoms with Crippen molar-refractivity contribution in [3.8, 4) is 0 Å². The summed E-state index contributed by atoms with van der Waals surface area (Å²) < 4.78 is 25.8. The minimum absolute atomic E-state index is 0.257. The van der Waals surface area contributed by atoms with Gasteiger partial charge in [0.15, 0.2) is 4.21 Å². The van der Waals surface area contributed by atoms with E-state index in [0.29, 0.717) is 19.5 Å². The van der Waals surface area contributed by atoms with Gasteiger partial charge in [0.25, 0.3) is 10.0 Å². The highest BCUT2D eigenvalue weighted by Crippen LogP contribution is 2.16. The van der Waals surface area contributed by atoms with Crippen molar-refractivity contribution in [2.75, 3.05) is 13.1 Å². The van der Waals surface area contributed by atoms with Crippen LogP contribution in [-0.4, -0.2) is 26.5 Å². The number of aryl methyl sites for hydroxylation is 1. The average Bonchev–Trinajstić information content (AvgIpc) is 2.53. The third-order valence-electron chi connectivity index (χ3n) is 1.54. The topological polar surface area (TPSA) is 85.1 Å². The molecular weight excluding hydrogens is 222 g/mol. The molecule has 3 N–H and O–H groups in total. The predicted octanol–water partition coefficient (Wildman–Crippen LogP) is 0.0786. The Morgan fingerprint density at radius 3 is 2.86 bits per heavy atom. The smallest absolute Gasteiger partial charge is 0.251 e. The molecule has 0 radical (unpaired) electrons. The molecule has 1 heterocycles. The van der Waals surface area contributed by atoms with Gasteiger partial charge in [0.05, 0.1) is 11.2 Å². The van der Waals surface area contributed by atoms with Crippen molar-refractivity contribution >= 4 is 21.4 Å². The van der Waals surface area contributed by atoms with E-state index >= 15 is 0 Å². The maximum absolute atomic E-state index is 11.5. The van der Waals surface area contributed by atoms with Crippen molar-refractivity contribution in [2.45, 2.75) is 17.6 Å². The number of sulfonamides is 1. The number of thiazole rings is 1. The first-order chi connectivity index (χ1) is 6.56. The highest BCUT2D eigenvalue weighted by molar-refractivity contribution is 7.91. The van der Waals surface area contributed by atoms with Crippen LogP contribution in [-0.2, 0) is 10.0 Å². The van der Waals surface area contributed by atoms with Gasteiger partial charge < -0.3 is 5.73 Å². The van der Waals surface area contributed by atoms with Crippen LogP contribution in [0.4, 0.5) is 0 Å². The Labute approximate surface area is 87.4 Å². The summed E-state index contributed by atoms with van der Waals surface area (Å²) in [6.07, 6.45) is 2.00. The fraction of sp³-hybridized carbons (Fsp3) is 0.571. The van der Waals surface area contributed by atoms with Crippen LogP contribution in [0.2, 0.25) is 0 Å². The van der Waals surface area contributed by atoms with E-state index in [1.54, 1.807) is 6.92 Å². The Bertz CT molecular complexity index is 385. The molecule has 1 aromatic rings. The normalized spacial score (nSPS) is 11.9. The largest absolute Gasteiger partial charge is 0.330 e. The summed E-state index contributed by atoms with van der Waals surface area (Å²) in [7, 11) is -3.36. The van der Waals surface area contributed by atoms with E-state index in [1.165, 1.54) is 6.20 Å². The molecule has 0 aliphatic heterocycles. The quantitative estimate of drug-likeness (QED) is 0.708. The second-order valence-electron chi connectivity index (χ2n) is 2.74. The molecule has 7 heteroatoms. The van der Waals surface area contributed by atoms with Gasteiger partial charge in [0.2, 0.25) is 0 Å². The zero-order valence-electron chi connectivity index (χ0n) is 7.86. The van der Waals surface area contributed by atoms with E-state index in [9.17, 15) is 8.42 Å². The standard InChI is InChI=1S/C7H13N3O2S2/c1-6-9-5-7(13-6)14(11,12)10-4-2-3-8/h5,10H,2-4,8H2,1H3. The summed E-state index contributed by atoms with van der Waals surface area (Å²) in [5.41, 5.74) is 5.26. The highest BCUT2D eigenvalue weighted by atomic mass is 32.2. The predicted molar refractivity (Wildman–Crippen MR) is 55.7 cm³/mol. The Kier molecular flexibility index (Phi) is 3.99. The minimum Gasteiger partial charge on any atom is -0.330 e.